The van der Waals surface area contributed by atoms with Gasteiger partial charge < -0.3 is 10.4 Å². The third-order valence-corrected chi connectivity index (χ3v) is 3.56. The van der Waals surface area contributed by atoms with Crippen LogP contribution in [0.4, 0.5) is 10.1 Å². The van der Waals surface area contributed by atoms with Crippen LogP contribution in [0.25, 0.3) is 0 Å². The van der Waals surface area contributed by atoms with E-state index in [0.29, 0.717) is 16.8 Å². The lowest BCUT2D eigenvalue weighted by atomic mass is 9.99. The van der Waals surface area contributed by atoms with Gasteiger partial charge in [-0.3, -0.25) is 9.79 Å². The third-order valence-electron chi connectivity index (χ3n) is 3.56. The summed E-state index contributed by atoms with van der Waals surface area (Å²) in [7, 11) is 0. The summed E-state index contributed by atoms with van der Waals surface area (Å²) in [5.41, 5.74) is 2.59. The number of amides is 1. The van der Waals surface area contributed by atoms with Crippen molar-refractivity contribution in [2.24, 2.45) is 4.99 Å². The summed E-state index contributed by atoms with van der Waals surface area (Å²) < 4.78 is 13.6. The molecule has 0 bridgehead atoms. The summed E-state index contributed by atoms with van der Waals surface area (Å²) in [6, 6.07) is 9.46. The second kappa shape index (κ2) is 5.64. The first-order chi connectivity index (χ1) is 11.0. The number of hydrogen-bond donors (Lipinski definition) is 2. The Kier molecular flexibility index (Phi) is 3.65. The van der Waals surface area contributed by atoms with Gasteiger partial charge in [0.2, 0.25) is 6.04 Å². The number of fused-ring (bicyclic) bond motifs is 1. The molecule has 0 saturated carbocycles. The second-order valence-electron chi connectivity index (χ2n) is 5.26. The molecule has 1 heterocycles. The van der Waals surface area contributed by atoms with Gasteiger partial charge in [0.25, 0.3) is 5.91 Å². The molecule has 1 unspecified atom stereocenters. The molecule has 0 aromatic heterocycles. The van der Waals surface area contributed by atoms with Gasteiger partial charge in [-0.05, 0) is 25.1 Å². The van der Waals surface area contributed by atoms with Crippen molar-refractivity contribution in [1.82, 2.24) is 0 Å². The van der Waals surface area contributed by atoms with E-state index in [0.717, 1.165) is 5.56 Å². The molecule has 0 aliphatic carbocycles. The predicted octanol–water partition coefficient (Wildman–Crippen LogP) is 2.38. The van der Waals surface area contributed by atoms with Crippen LogP contribution in [0.15, 0.2) is 47.5 Å². The lowest BCUT2D eigenvalue weighted by Gasteiger charge is -2.10. The Morgan fingerprint density at radius 2 is 1.91 bits per heavy atom. The Morgan fingerprint density at radius 3 is 2.57 bits per heavy atom. The van der Waals surface area contributed by atoms with Crippen molar-refractivity contribution in [3.8, 4) is 0 Å². The van der Waals surface area contributed by atoms with Crippen LogP contribution in [0.3, 0.4) is 0 Å². The normalized spacial score (nSPS) is 16.9. The standard InChI is InChI=1S/C17H13FN2O3/c1-9-2-4-10(5-3-9)14-12-8-11(18)6-7-13(12)19-16(21)15(20-14)17(22)23/h2-8,15H,1H3,(H,19,21)(H,22,23). The average molecular weight is 312 g/mol. The van der Waals surface area contributed by atoms with Gasteiger partial charge in [-0.2, -0.15) is 0 Å². The molecule has 1 aliphatic rings. The number of benzodiazepines with no additional fused rings is 1. The topological polar surface area (TPSA) is 78.8 Å². The average Bonchev–Trinajstić information content (AvgIpc) is 2.64. The van der Waals surface area contributed by atoms with E-state index >= 15 is 0 Å². The van der Waals surface area contributed by atoms with E-state index < -0.39 is 23.7 Å². The maximum atomic E-state index is 13.6. The largest absolute Gasteiger partial charge is 0.479 e. The van der Waals surface area contributed by atoms with Gasteiger partial charge >= 0.3 is 5.97 Å². The number of halogens is 1. The maximum absolute atomic E-state index is 13.6. The van der Waals surface area contributed by atoms with Gasteiger partial charge in [0.05, 0.1) is 11.4 Å². The van der Waals surface area contributed by atoms with E-state index in [1.807, 2.05) is 19.1 Å². The SMILES string of the molecule is Cc1ccc(C2=NC(C(=O)O)C(=O)Nc3ccc(F)cc32)cc1. The van der Waals surface area contributed by atoms with Gasteiger partial charge in [-0.15, -0.1) is 0 Å². The highest BCUT2D eigenvalue weighted by molar-refractivity contribution is 6.22. The number of carbonyl (C=O) groups excluding carboxylic acids is 1. The van der Waals surface area contributed by atoms with E-state index in [9.17, 15) is 19.1 Å². The lowest BCUT2D eigenvalue weighted by Crippen LogP contribution is -2.32. The number of aliphatic carboxylic acids is 1. The first-order valence-corrected chi connectivity index (χ1v) is 6.94. The maximum Gasteiger partial charge on any atom is 0.338 e. The van der Waals surface area contributed by atoms with E-state index in [-0.39, 0.29) is 5.71 Å². The molecule has 1 amide bonds. The number of carboxylic acids is 1. The van der Waals surface area contributed by atoms with E-state index in [1.165, 1.54) is 18.2 Å². The smallest absolute Gasteiger partial charge is 0.338 e. The highest BCUT2D eigenvalue weighted by Gasteiger charge is 2.31. The zero-order valence-electron chi connectivity index (χ0n) is 12.2. The van der Waals surface area contributed by atoms with Crippen LogP contribution in [-0.2, 0) is 9.59 Å². The van der Waals surface area contributed by atoms with Crippen LogP contribution in [0, 0.1) is 12.7 Å². The van der Waals surface area contributed by atoms with Crippen molar-refractivity contribution in [2.45, 2.75) is 13.0 Å². The fourth-order valence-corrected chi connectivity index (χ4v) is 2.39. The van der Waals surface area contributed by atoms with Gasteiger partial charge in [0.1, 0.15) is 5.82 Å². The molecule has 0 spiro atoms. The molecule has 5 nitrogen and oxygen atoms in total. The Balaban J connectivity index is 2.24. The zero-order valence-corrected chi connectivity index (χ0v) is 12.2. The van der Waals surface area contributed by atoms with Crippen molar-refractivity contribution in [3.63, 3.8) is 0 Å². The quantitative estimate of drug-likeness (QED) is 0.836. The zero-order chi connectivity index (χ0) is 16.6. The van der Waals surface area contributed by atoms with Crippen LogP contribution >= 0.6 is 0 Å². The molecule has 116 valence electrons. The molecule has 23 heavy (non-hydrogen) atoms. The fraction of sp³-hybridized carbons (Fsp3) is 0.118. The monoisotopic (exact) mass is 312 g/mol. The van der Waals surface area contributed by atoms with Crippen molar-refractivity contribution in [3.05, 3.63) is 65.0 Å². The molecule has 0 radical (unpaired) electrons. The van der Waals surface area contributed by atoms with E-state index in [2.05, 4.69) is 10.3 Å². The van der Waals surface area contributed by atoms with Crippen LogP contribution in [-0.4, -0.2) is 28.7 Å². The number of nitrogens with zero attached hydrogens (tertiary/aromatic N) is 1. The number of hydrogen-bond acceptors (Lipinski definition) is 3. The Bertz CT molecular complexity index is 828. The van der Waals surface area contributed by atoms with Gasteiger partial charge in [0, 0.05) is 11.1 Å². The van der Waals surface area contributed by atoms with Gasteiger partial charge in [-0.25, -0.2) is 9.18 Å². The number of nitrogens with one attached hydrogen (secondary N) is 1. The van der Waals surface area contributed by atoms with Crippen molar-refractivity contribution in [1.29, 1.82) is 0 Å². The van der Waals surface area contributed by atoms with Crippen LogP contribution in [0.1, 0.15) is 16.7 Å². The van der Waals surface area contributed by atoms with Crippen molar-refractivity contribution >= 4 is 23.3 Å². The van der Waals surface area contributed by atoms with E-state index in [1.54, 1.807) is 12.1 Å². The Labute approximate surface area is 131 Å². The summed E-state index contributed by atoms with van der Waals surface area (Å²) in [5.74, 6) is -2.61. The number of benzene rings is 2. The molecule has 0 saturated heterocycles. The molecule has 3 rings (SSSR count). The summed E-state index contributed by atoms with van der Waals surface area (Å²) in [4.78, 5) is 27.4. The van der Waals surface area contributed by atoms with Crippen LogP contribution < -0.4 is 5.32 Å². The number of carboxylic acid groups (broad SMARTS) is 1. The van der Waals surface area contributed by atoms with Gasteiger partial charge in [-0.1, -0.05) is 29.8 Å². The summed E-state index contributed by atoms with van der Waals surface area (Å²) in [5, 5.41) is 11.7. The minimum absolute atomic E-state index is 0.269. The minimum atomic E-state index is -1.58. The third kappa shape index (κ3) is 2.83. The van der Waals surface area contributed by atoms with Crippen molar-refractivity contribution < 1.29 is 19.1 Å². The molecule has 1 atom stereocenters. The molecule has 2 aromatic carbocycles. The highest BCUT2D eigenvalue weighted by Crippen LogP contribution is 2.25. The molecule has 2 N–H and O–H groups in total. The van der Waals surface area contributed by atoms with E-state index in [4.69, 9.17) is 0 Å². The molecular formula is C17H13FN2O3. The first-order valence-electron chi connectivity index (χ1n) is 6.94. The first kappa shape index (κ1) is 14.9. The van der Waals surface area contributed by atoms with Crippen LogP contribution in [0.5, 0.6) is 0 Å². The minimum Gasteiger partial charge on any atom is -0.479 e. The fourth-order valence-electron chi connectivity index (χ4n) is 2.39. The van der Waals surface area contributed by atoms with Crippen molar-refractivity contribution in [2.75, 3.05) is 5.32 Å². The number of carbonyl (C=O) groups is 2. The lowest BCUT2D eigenvalue weighted by molar-refractivity contribution is -0.141. The number of aryl methyl sites for hydroxylation is 1. The predicted molar refractivity (Wildman–Crippen MR) is 83.3 cm³/mol. The molecule has 2 aromatic rings. The van der Waals surface area contributed by atoms with Gasteiger partial charge in [0.15, 0.2) is 0 Å². The molecular weight excluding hydrogens is 299 g/mol. The molecule has 6 heteroatoms. The molecule has 1 aliphatic heterocycles. The number of rotatable bonds is 2. The summed E-state index contributed by atoms with van der Waals surface area (Å²) in [6.07, 6.45) is 0. The second-order valence-corrected chi connectivity index (χ2v) is 5.26. The number of anilines is 1. The number of aliphatic imine (C=N–C) groups is 1. The highest BCUT2D eigenvalue weighted by atomic mass is 19.1. The Hall–Kier alpha value is -3.02. The summed E-state index contributed by atoms with van der Waals surface area (Å²) >= 11 is 0. The van der Waals surface area contributed by atoms with Crippen LogP contribution in [0.2, 0.25) is 0 Å². The summed E-state index contributed by atoms with van der Waals surface area (Å²) in [6.45, 7) is 1.91. The Morgan fingerprint density at radius 1 is 1.22 bits per heavy atom. The molecule has 0 fully saturated rings.